The minimum Gasteiger partial charge on any atom is -0.393 e. The van der Waals surface area contributed by atoms with Gasteiger partial charge in [-0.25, -0.2) is 0 Å². The molecule has 2 N–H and O–H groups in total. The van der Waals surface area contributed by atoms with Crippen LogP contribution in [-0.2, 0) is 11.3 Å². The Hall–Kier alpha value is -0.910. The largest absolute Gasteiger partial charge is 0.393 e. The Morgan fingerprint density at radius 1 is 1.45 bits per heavy atom. The summed E-state index contributed by atoms with van der Waals surface area (Å²) in [6.45, 7) is 4.33. The molecule has 5 heteroatoms. The van der Waals surface area contributed by atoms with E-state index in [1.807, 2.05) is 6.07 Å². The molecule has 0 spiro atoms. The van der Waals surface area contributed by atoms with E-state index in [4.69, 9.17) is 0 Å². The van der Waals surface area contributed by atoms with Gasteiger partial charge >= 0.3 is 0 Å². The van der Waals surface area contributed by atoms with Gasteiger partial charge in [0.25, 0.3) is 0 Å². The Balaban J connectivity index is 2.18. The van der Waals surface area contributed by atoms with Gasteiger partial charge in [-0.3, -0.25) is 9.69 Å². The third kappa shape index (κ3) is 4.54. The quantitative estimate of drug-likeness (QED) is 0.855. The van der Waals surface area contributed by atoms with Gasteiger partial charge in [0, 0.05) is 24.0 Å². The van der Waals surface area contributed by atoms with E-state index >= 15 is 0 Å². The van der Waals surface area contributed by atoms with Crippen LogP contribution in [0.4, 0.5) is 5.69 Å². The summed E-state index contributed by atoms with van der Waals surface area (Å²) in [7, 11) is 2.09. The summed E-state index contributed by atoms with van der Waals surface area (Å²) in [5.41, 5.74) is 3.11. The molecule has 0 bridgehead atoms. The Labute approximate surface area is 141 Å². The van der Waals surface area contributed by atoms with E-state index in [9.17, 15) is 9.90 Å². The molecule has 0 saturated heterocycles. The first kappa shape index (κ1) is 17.4. The monoisotopic (exact) mass is 368 g/mol. The van der Waals surface area contributed by atoms with Crippen molar-refractivity contribution >= 4 is 27.5 Å². The highest BCUT2D eigenvalue weighted by atomic mass is 79.9. The highest BCUT2D eigenvalue weighted by Gasteiger charge is 2.24. The Morgan fingerprint density at radius 3 is 2.82 bits per heavy atom. The van der Waals surface area contributed by atoms with Crippen molar-refractivity contribution in [3.63, 3.8) is 0 Å². The van der Waals surface area contributed by atoms with Crippen LogP contribution in [0.15, 0.2) is 16.6 Å². The first-order chi connectivity index (χ1) is 10.4. The van der Waals surface area contributed by atoms with Gasteiger partial charge in [0.1, 0.15) is 0 Å². The van der Waals surface area contributed by atoms with Gasteiger partial charge < -0.3 is 10.4 Å². The molecule has 1 saturated carbocycles. The van der Waals surface area contributed by atoms with Crippen molar-refractivity contribution in [3.8, 4) is 0 Å². The number of amides is 1. The van der Waals surface area contributed by atoms with Crippen LogP contribution in [0.3, 0.4) is 0 Å². The first-order valence-electron chi connectivity index (χ1n) is 7.81. The minimum atomic E-state index is -0.180. The van der Waals surface area contributed by atoms with E-state index in [0.717, 1.165) is 53.5 Å². The second-order valence-electron chi connectivity index (χ2n) is 6.35. The smallest absolute Gasteiger partial charge is 0.221 e. The number of hydrogen-bond donors (Lipinski definition) is 2. The van der Waals surface area contributed by atoms with E-state index < -0.39 is 0 Å². The highest BCUT2D eigenvalue weighted by molar-refractivity contribution is 9.10. The van der Waals surface area contributed by atoms with Crippen LogP contribution in [0.2, 0.25) is 0 Å². The predicted molar refractivity (Wildman–Crippen MR) is 92.9 cm³/mol. The number of rotatable bonds is 4. The molecule has 0 heterocycles. The van der Waals surface area contributed by atoms with E-state index in [1.165, 1.54) is 6.92 Å². The van der Waals surface area contributed by atoms with Gasteiger partial charge in [0.2, 0.25) is 5.91 Å². The van der Waals surface area contributed by atoms with E-state index in [0.29, 0.717) is 6.04 Å². The Kier molecular flexibility index (Phi) is 6.01. The average molecular weight is 369 g/mol. The topological polar surface area (TPSA) is 52.6 Å². The summed E-state index contributed by atoms with van der Waals surface area (Å²) in [4.78, 5) is 13.7. The van der Waals surface area contributed by atoms with Crippen molar-refractivity contribution in [2.24, 2.45) is 0 Å². The molecule has 1 aliphatic carbocycles. The van der Waals surface area contributed by atoms with Gasteiger partial charge in [-0.1, -0.05) is 6.07 Å². The lowest BCUT2D eigenvalue weighted by molar-refractivity contribution is -0.114. The number of aliphatic hydroxyl groups excluding tert-OH is 1. The second kappa shape index (κ2) is 7.57. The molecule has 1 fully saturated rings. The Morgan fingerprint density at radius 2 is 2.18 bits per heavy atom. The van der Waals surface area contributed by atoms with Gasteiger partial charge in [-0.15, -0.1) is 0 Å². The molecule has 0 radical (unpaired) electrons. The van der Waals surface area contributed by atoms with Crippen LogP contribution in [0, 0.1) is 6.92 Å². The predicted octanol–water partition coefficient (Wildman–Crippen LogP) is 3.45. The fourth-order valence-corrected chi connectivity index (χ4v) is 3.91. The maximum atomic E-state index is 11.5. The van der Waals surface area contributed by atoms with Gasteiger partial charge in [-0.2, -0.15) is 0 Å². The van der Waals surface area contributed by atoms with Crippen LogP contribution in [-0.4, -0.2) is 35.1 Å². The summed E-state index contributed by atoms with van der Waals surface area (Å²) in [5.74, 6) is -0.0680. The molecular weight excluding hydrogens is 344 g/mol. The maximum Gasteiger partial charge on any atom is 0.221 e. The number of nitrogens with zero attached hydrogens (tertiary/aromatic N) is 1. The first-order valence-corrected chi connectivity index (χ1v) is 8.61. The lowest BCUT2D eigenvalue weighted by atomic mass is 9.92. The lowest BCUT2D eigenvalue weighted by Crippen LogP contribution is -2.37. The fourth-order valence-electron chi connectivity index (χ4n) is 3.19. The summed E-state index contributed by atoms with van der Waals surface area (Å²) < 4.78 is 0.912. The number of benzene rings is 1. The van der Waals surface area contributed by atoms with Crippen molar-refractivity contribution in [1.29, 1.82) is 0 Å². The zero-order valence-electron chi connectivity index (χ0n) is 13.5. The summed E-state index contributed by atoms with van der Waals surface area (Å²) in [6, 6.07) is 4.53. The van der Waals surface area contributed by atoms with Gasteiger partial charge in [0.05, 0.1) is 11.8 Å². The molecule has 122 valence electrons. The average Bonchev–Trinajstić information content (AvgIpc) is 2.42. The molecule has 0 unspecified atom stereocenters. The number of halogens is 1. The van der Waals surface area contributed by atoms with E-state index in [-0.39, 0.29) is 12.0 Å². The summed E-state index contributed by atoms with van der Waals surface area (Å²) >= 11 is 3.55. The number of carbonyl (C=O) groups excluding carboxylic acids is 1. The standard InChI is InChI=1S/C17H25BrN2O2/c1-11-7-13(17(16(18)8-11)19-12(2)21)10-20(3)14-5-4-6-15(22)9-14/h7-8,14-15,22H,4-6,9-10H2,1-3H3,(H,19,21)/t14-,15+/m0/s1. The molecule has 22 heavy (non-hydrogen) atoms. The SMILES string of the molecule is CC(=O)Nc1c(Br)cc(C)cc1CN(C)[C@H]1CCC[C@@H](O)C1. The van der Waals surface area contributed by atoms with E-state index in [1.54, 1.807) is 0 Å². The van der Waals surface area contributed by atoms with E-state index in [2.05, 4.69) is 46.2 Å². The number of aliphatic hydroxyl groups is 1. The van der Waals surface area contributed by atoms with Crippen LogP contribution < -0.4 is 5.32 Å². The molecular formula is C17H25BrN2O2. The van der Waals surface area contributed by atoms with Gasteiger partial charge in [-0.05, 0) is 72.8 Å². The molecule has 2 rings (SSSR count). The minimum absolute atomic E-state index is 0.0680. The number of aryl methyl sites for hydroxylation is 1. The highest BCUT2D eigenvalue weighted by Crippen LogP contribution is 2.31. The molecule has 0 aliphatic heterocycles. The molecule has 1 aliphatic rings. The lowest BCUT2D eigenvalue weighted by Gasteiger charge is -2.34. The van der Waals surface area contributed by atoms with Crippen LogP contribution in [0.5, 0.6) is 0 Å². The molecule has 1 aromatic carbocycles. The number of carbonyl (C=O) groups is 1. The number of anilines is 1. The van der Waals surface area contributed by atoms with Crippen LogP contribution in [0.1, 0.15) is 43.7 Å². The summed E-state index contributed by atoms with van der Waals surface area (Å²) in [5, 5.41) is 12.8. The van der Waals surface area contributed by atoms with Crippen LogP contribution >= 0.6 is 15.9 Å². The van der Waals surface area contributed by atoms with Crippen molar-refractivity contribution in [2.75, 3.05) is 12.4 Å². The third-order valence-electron chi connectivity index (χ3n) is 4.28. The second-order valence-corrected chi connectivity index (χ2v) is 7.21. The zero-order valence-corrected chi connectivity index (χ0v) is 15.1. The number of nitrogens with one attached hydrogen (secondary N) is 1. The molecule has 1 amide bonds. The molecule has 2 atom stereocenters. The van der Waals surface area contributed by atoms with Crippen molar-refractivity contribution < 1.29 is 9.90 Å². The zero-order chi connectivity index (χ0) is 16.3. The molecule has 4 nitrogen and oxygen atoms in total. The van der Waals surface area contributed by atoms with Crippen molar-refractivity contribution in [3.05, 3.63) is 27.7 Å². The normalized spacial score (nSPS) is 21.9. The fraction of sp³-hybridized carbons (Fsp3) is 0.588. The van der Waals surface area contributed by atoms with Crippen LogP contribution in [0.25, 0.3) is 0 Å². The van der Waals surface area contributed by atoms with Crippen molar-refractivity contribution in [2.45, 2.75) is 58.2 Å². The van der Waals surface area contributed by atoms with Gasteiger partial charge in [0.15, 0.2) is 0 Å². The maximum absolute atomic E-state index is 11.5. The molecule has 0 aromatic heterocycles. The van der Waals surface area contributed by atoms with Crippen molar-refractivity contribution in [1.82, 2.24) is 4.90 Å². The molecule has 1 aromatic rings. The summed E-state index contributed by atoms with van der Waals surface area (Å²) in [6.07, 6.45) is 3.76. The number of hydrogen-bond acceptors (Lipinski definition) is 3. The third-order valence-corrected chi connectivity index (χ3v) is 4.90. The Bertz CT molecular complexity index is 548.